The number of ether oxygens (including phenoxy) is 1. The Balaban J connectivity index is 3.51. The van der Waals surface area contributed by atoms with Gasteiger partial charge in [0.15, 0.2) is 0 Å². The summed E-state index contributed by atoms with van der Waals surface area (Å²) in [5, 5.41) is 0. The van der Waals surface area contributed by atoms with Gasteiger partial charge in [0.25, 0.3) is 0 Å². The summed E-state index contributed by atoms with van der Waals surface area (Å²) in [7, 11) is -3.10. The normalized spacial score (nSPS) is 12.2. The molecule has 0 spiro atoms. The van der Waals surface area contributed by atoms with Crippen LogP contribution in [0, 0.1) is 5.92 Å². The third kappa shape index (κ3) is 10.4. The van der Waals surface area contributed by atoms with Crippen molar-refractivity contribution < 1.29 is 13.2 Å². The molecule has 0 atom stereocenters. The average Bonchev–Trinajstić information content (AvgIpc) is 2.21. The Hall–Kier alpha value is -0.170. The second-order valence-electron chi connectivity index (χ2n) is 4.15. The Morgan fingerprint density at radius 3 is 2.56 bits per heavy atom. The summed E-state index contributed by atoms with van der Waals surface area (Å²) in [6, 6.07) is 0. The van der Waals surface area contributed by atoms with Crippen LogP contribution in [-0.2, 0) is 14.8 Å². The Morgan fingerprint density at radius 2 is 2.00 bits per heavy atom. The molecule has 5 nitrogen and oxygen atoms in total. The van der Waals surface area contributed by atoms with Gasteiger partial charge in [-0.15, -0.1) is 0 Å². The Labute approximate surface area is 98.8 Å². The lowest BCUT2D eigenvalue weighted by atomic mass is 10.2. The van der Waals surface area contributed by atoms with E-state index < -0.39 is 10.0 Å². The van der Waals surface area contributed by atoms with E-state index in [1.807, 2.05) is 13.8 Å². The van der Waals surface area contributed by atoms with Gasteiger partial charge in [-0.2, -0.15) is 0 Å². The van der Waals surface area contributed by atoms with Crippen LogP contribution in [0.1, 0.15) is 26.7 Å². The van der Waals surface area contributed by atoms with Gasteiger partial charge in [-0.3, -0.25) is 0 Å². The van der Waals surface area contributed by atoms with Crippen LogP contribution in [0.4, 0.5) is 0 Å². The molecule has 0 amide bonds. The molecule has 0 saturated carbocycles. The molecule has 0 bridgehead atoms. The molecule has 0 rings (SSSR count). The van der Waals surface area contributed by atoms with E-state index in [1.54, 1.807) is 0 Å². The van der Waals surface area contributed by atoms with Crippen LogP contribution in [0.5, 0.6) is 0 Å². The number of nitrogens with two attached hydrogens (primary N) is 1. The van der Waals surface area contributed by atoms with Gasteiger partial charge in [0.1, 0.15) is 0 Å². The van der Waals surface area contributed by atoms with Crippen molar-refractivity contribution in [2.75, 3.05) is 32.1 Å². The minimum atomic E-state index is -3.10. The minimum absolute atomic E-state index is 0.203. The van der Waals surface area contributed by atoms with Crippen LogP contribution in [-0.4, -0.2) is 40.5 Å². The van der Waals surface area contributed by atoms with Crippen molar-refractivity contribution in [3.05, 3.63) is 0 Å². The predicted molar refractivity (Wildman–Crippen MR) is 65.7 cm³/mol. The summed E-state index contributed by atoms with van der Waals surface area (Å²) in [5.74, 6) is 0.610. The van der Waals surface area contributed by atoms with Gasteiger partial charge >= 0.3 is 0 Å². The minimum Gasteiger partial charge on any atom is -0.380 e. The van der Waals surface area contributed by atoms with Crippen molar-refractivity contribution in [3.63, 3.8) is 0 Å². The van der Waals surface area contributed by atoms with Crippen LogP contribution in [0.3, 0.4) is 0 Å². The van der Waals surface area contributed by atoms with Gasteiger partial charge < -0.3 is 10.5 Å². The largest absolute Gasteiger partial charge is 0.380 e. The molecule has 0 aliphatic carbocycles. The standard InChI is InChI=1S/C10H24N2O3S/c1-10(2)4-9-16(13,14)12-6-3-7-15-8-5-11/h10,12H,3-9,11H2,1-2H3. The molecule has 0 unspecified atom stereocenters. The lowest BCUT2D eigenvalue weighted by molar-refractivity contribution is 0.140. The van der Waals surface area contributed by atoms with Crippen molar-refractivity contribution in [2.24, 2.45) is 11.7 Å². The second-order valence-corrected chi connectivity index (χ2v) is 6.08. The third-order valence-electron chi connectivity index (χ3n) is 2.01. The molecule has 3 N–H and O–H groups in total. The maximum Gasteiger partial charge on any atom is 0.211 e. The van der Waals surface area contributed by atoms with Crippen molar-refractivity contribution >= 4 is 10.0 Å². The third-order valence-corrected chi connectivity index (χ3v) is 3.43. The first-order valence-electron chi connectivity index (χ1n) is 5.73. The van der Waals surface area contributed by atoms with Gasteiger partial charge in [-0.1, -0.05) is 13.8 Å². The Morgan fingerprint density at radius 1 is 1.31 bits per heavy atom. The van der Waals surface area contributed by atoms with E-state index >= 15 is 0 Å². The summed E-state index contributed by atoms with van der Waals surface area (Å²) in [6.45, 7) is 6.03. The lowest BCUT2D eigenvalue weighted by Gasteiger charge is -2.08. The maximum atomic E-state index is 11.5. The van der Waals surface area contributed by atoms with E-state index in [1.165, 1.54) is 0 Å². The van der Waals surface area contributed by atoms with Gasteiger partial charge in [0.2, 0.25) is 10.0 Å². The highest BCUT2D eigenvalue weighted by atomic mass is 32.2. The summed E-state index contributed by atoms with van der Waals surface area (Å²) >= 11 is 0. The first-order chi connectivity index (χ1) is 7.48. The summed E-state index contributed by atoms with van der Waals surface area (Å²) in [4.78, 5) is 0. The summed E-state index contributed by atoms with van der Waals surface area (Å²) < 4.78 is 30.6. The number of hydrogen-bond acceptors (Lipinski definition) is 4. The smallest absolute Gasteiger partial charge is 0.211 e. The van der Waals surface area contributed by atoms with E-state index in [4.69, 9.17) is 10.5 Å². The van der Waals surface area contributed by atoms with E-state index in [2.05, 4.69) is 4.72 Å². The van der Waals surface area contributed by atoms with Gasteiger partial charge in [-0.05, 0) is 18.8 Å². The SMILES string of the molecule is CC(C)CCS(=O)(=O)NCCCOCCN. The zero-order chi connectivity index (χ0) is 12.4. The van der Waals surface area contributed by atoms with Crippen LogP contribution in [0.15, 0.2) is 0 Å². The molecule has 98 valence electrons. The zero-order valence-electron chi connectivity index (χ0n) is 10.2. The zero-order valence-corrected chi connectivity index (χ0v) is 11.1. The average molecular weight is 252 g/mol. The fraction of sp³-hybridized carbons (Fsp3) is 1.00. The highest BCUT2D eigenvalue weighted by molar-refractivity contribution is 7.89. The molecule has 0 aliphatic rings. The molecule has 16 heavy (non-hydrogen) atoms. The van der Waals surface area contributed by atoms with Crippen LogP contribution >= 0.6 is 0 Å². The molecule has 0 saturated heterocycles. The van der Waals surface area contributed by atoms with E-state index in [0.717, 1.165) is 0 Å². The molecule has 0 aromatic heterocycles. The first-order valence-corrected chi connectivity index (χ1v) is 7.38. The van der Waals surface area contributed by atoms with Crippen molar-refractivity contribution in [1.82, 2.24) is 4.72 Å². The highest BCUT2D eigenvalue weighted by Crippen LogP contribution is 2.01. The molecule has 6 heteroatoms. The number of hydrogen-bond donors (Lipinski definition) is 2. The topological polar surface area (TPSA) is 81.4 Å². The Bertz CT molecular complexity index is 253. The van der Waals surface area contributed by atoms with Crippen LogP contribution < -0.4 is 10.5 Å². The van der Waals surface area contributed by atoms with E-state index in [9.17, 15) is 8.42 Å². The molecule has 0 aromatic rings. The van der Waals surface area contributed by atoms with Crippen molar-refractivity contribution in [3.8, 4) is 0 Å². The fourth-order valence-corrected chi connectivity index (χ4v) is 2.43. The molecule has 0 fully saturated rings. The number of nitrogens with one attached hydrogen (secondary N) is 1. The number of sulfonamides is 1. The van der Waals surface area contributed by atoms with Crippen LogP contribution in [0.25, 0.3) is 0 Å². The molecule has 0 aliphatic heterocycles. The highest BCUT2D eigenvalue weighted by Gasteiger charge is 2.09. The molecular formula is C10H24N2O3S. The fourth-order valence-electron chi connectivity index (χ4n) is 1.05. The lowest BCUT2D eigenvalue weighted by Crippen LogP contribution is -2.28. The quantitative estimate of drug-likeness (QED) is 0.549. The maximum absolute atomic E-state index is 11.5. The number of rotatable bonds is 10. The first kappa shape index (κ1) is 15.8. The molecular weight excluding hydrogens is 228 g/mol. The van der Waals surface area contributed by atoms with E-state index in [0.29, 0.717) is 45.1 Å². The van der Waals surface area contributed by atoms with Crippen LogP contribution in [0.2, 0.25) is 0 Å². The molecule has 0 heterocycles. The van der Waals surface area contributed by atoms with Gasteiger partial charge in [0.05, 0.1) is 12.4 Å². The Kier molecular flexibility index (Phi) is 8.83. The summed E-state index contributed by atoms with van der Waals surface area (Å²) in [5.41, 5.74) is 5.24. The van der Waals surface area contributed by atoms with E-state index in [-0.39, 0.29) is 5.75 Å². The monoisotopic (exact) mass is 252 g/mol. The second kappa shape index (κ2) is 8.92. The van der Waals surface area contributed by atoms with Gasteiger partial charge in [-0.25, -0.2) is 13.1 Å². The van der Waals surface area contributed by atoms with Gasteiger partial charge in [0, 0.05) is 19.7 Å². The summed E-state index contributed by atoms with van der Waals surface area (Å²) in [6.07, 6.45) is 1.37. The predicted octanol–water partition coefficient (Wildman–Crippen LogP) is 0.317. The van der Waals surface area contributed by atoms with Crippen molar-refractivity contribution in [2.45, 2.75) is 26.7 Å². The molecule has 0 aromatic carbocycles. The molecule has 0 radical (unpaired) electrons. The van der Waals surface area contributed by atoms with Crippen molar-refractivity contribution in [1.29, 1.82) is 0 Å².